The Hall–Kier alpha value is -2.86. The van der Waals surface area contributed by atoms with E-state index in [4.69, 9.17) is 10.1 Å². The molecule has 0 aliphatic carbocycles. The van der Waals surface area contributed by atoms with Crippen molar-refractivity contribution in [1.29, 1.82) is 0 Å². The molecule has 6 heteroatoms. The summed E-state index contributed by atoms with van der Waals surface area (Å²) >= 11 is 0. The molecule has 172 valence electrons. The minimum absolute atomic E-state index is 0.279. The predicted octanol–water partition coefficient (Wildman–Crippen LogP) is 4.71. The number of aromatic carboxylic acids is 1. The molecule has 0 saturated carbocycles. The maximum atomic E-state index is 11.2. The molecule has 0 bridgehead atoms. The fourth-order valence-electron chi connectivity index (χ4n) is 4.11. The first-order valence-electron chi connectivity index (χ1n) is 11.5. The molecule has 0 amide bonds. The van der Waals surface area contributed by atoms with Gasteiger partial charge in [0, 0.05) is 37.9 Å². The summed E-state index contributed by atoms with van der Waals surface area (Å²) in [6.07, 6.45) is 1.21. The maximum Gasteiger partial charge on any atom is 0.335 e. The van der Waals surface area contributed by atoms with Crippen LogP contribution < -0.4 is 5.32 Å². The van der Waals surface area contributed by atoms with E-state index < -0.39 is 5.97 Å². The SMILES string of the molecule is Cc1ccc(CN=C(Nc2ccc(C(=O)O)cc2)N2CCN(C(C)CC(C)C)CC2)cc1. The minimum atomic E-state index is -0.920. The Morgan fingerprint density at radius 3 is 2.19 bits per heavy atom. The molecule has 1 atom stereocenters. The fraction of sp³-hybridized carbons (Fsp3) is 0.462. The molecule has 1 aliphatic heterocycles. The molecule has 2 aromatic carbocycles. The van der Waals surface area contributed by atoms with Crippen LogP contribution in [0.25, 0.3) is 0 Å². The van der Waals surface area contributed by atoms with Crippen molar-refractivity contribution in [2.75, 3.05) is 31.5 Å². The zero-order valence-corrected chi connectivity index (χ0v) is 19.7. The lowest BCUT2D eigenvalue weighted by Gasteiger charge is -2.40. The summed E-state index contributed by atoms with van der Waals surface area (Å²) in [5.74, 6) is 0.617. The Labute approximate surface area is 192 Å². The molecule has 0 radical (unpaired) electrons. The summed E-state index contributed by atoms with van der Waals surface area (Å²) in [5.41, 5.74) is 3.52. The van der Waals surface area contributed by atoms with E-state index in [0.717, 1.165) is 37.8 Å². The van der Waals surface area contributed by atoms with Crippen molar-refractivity contribution in [2.45, 2.75) is 46.7 Å². The van der Waals surface area contributed by atoms with Crippen LogP contribution in [0.5, 0.6) is 0 Å². The Bertz CT molecular complexity index is 898. The number of hydrogen-bond acceptors (Lipinski definition) is 3. The van der Waals surface area contributed by atoms with Crippen LogP contribution in [0.2, 0.25) is 0 Å². The topological polar surface area (TPSA) is 68.2 Å². The monoisotopic (exact) mass is 436 g/mol. The van der Waals surface area contributed by atoms with Crippen LogP contribution in [-0.4, -0.2) is 59.1 Å². The number of carbonyl (C=O) groups is 1. The Morgan fingerprint density at radius 2 is 1.62 bits per heavy atom. The standard InChI is InChI=1S/C26H36N4O2/c1-19(2)17-21(4)29-13-15-30(16-14-29)26(27-18-22-7-5-20(3)6-8-22)28-24-11-9-23(10-12-24)25(31)32/h5-12,19,21H,13-18H2,1-4H3,(H,27,28)(H,31,32). The van der Waals surface area contributed by atoms with Gasteiger partial charge in [0.05, 0.1) is 12.1 Å². The first kappa shape index (κ1) is 23.8. The number of anilines is 1. The normalized spacial score (nSPS) is 16.3. The van der Waals surface area contributed by atoms with Crippen molar-refractivity contribution in [3.63, 3.8) is 0 Å². The van der Waals surface area contributed by atoms with Crippen molar-refractivity contribution in [3.05, 3.63) is 65.2 Å². The van der Waals surface area contributed by atoms with E-state index in [1.165, 1.54) is 17.5 Å². The summed E-state index contributed by atoms with van der Waals surface area (Å²) < 4.78 is 0. The Kier molecular flexibility index (Phi) is 8.28. The van der Waals surface area contributed by atoms with Gasteiger partial charge in [0.1, 0.15) is 0 Å². The molecule has 3 rings (SSSR count). The Morgan fingerprint density at radius 1 is 1.00 bits per heavy atom. The predicted molar refractivity (Wildman–Crippen MR) is 131 cm³/mol. The number of benzene rings is 2. The first-order chi connectivity index (χ1) is 15.3. The van der Waals surface area contributed by atoms with E-state index in [-0.39, 0.29) is 5.56 Å². The van der Waals surface area contributed by atoms with Gasteiger partial charge in [-0.1, -0.05) is 43.7 Å². The molecule has 1 saturated heterocycles. The lowest BCUT2D eigenvalue weighted by Crippen LogP contribution is -2.53. The van der Waals surface area contributed by atoms with Crippen molar-refractivity contribution in [1.82, 2.24) is 9.80 Å². The van der Waals surface area contributed by atoms with Crippen LogP contribution in [0, 0.1) is 12.8 Å². The third-order valence-electron chi connectivity index (χ3n) is 5.97. The van der Waals surface area contributed by atoms with Crippen molar-refractivity contribution in [3.8, 4) is 0 Å². The average Bonchev–Trinajstić information content (AvgIpc) is 2.77. The number of nitrogens with zero attached hydrogens (tertiary/aromatic N) is 3. The maximum absolute atomic E-state index is 11.2. The largest absolute Gasteiger partial charge is 0.478 e. The van der Waals surface area contributed by atoms with Crippen molar-refractivity contribution >= 4 is 17.6 Å². The number of guanidine groups is 1. The number of rotatable bonds is 7. The second-order valence-electron chi connectivity index (χ2n) is 9.13. The number of nitrogens with one attached hydrogen (secondary N) is 1. The van der Waals surface area contributed by atoms with Crippen LogP contribution in [0.3, 0.4) is 0 Å². The van der Waals surface area contributed by atoms with Gasteiger partial charge in [-0.25, -0.2) is 9.79 Å². The smallest absolute Gasteiger partial charge is 0.335 e. The molecule has 0 spiro atoms. The summed E-state index contributed by atoms with van der Waals surface area (Å²) in [5, 5.41) is 12.6. The number of hydrogen-bond donors (Lipinski definition) is 2. The van der Waals surface area contributed by atoms with Gasteiger partial charge in [-0.3, -0.25) is 4.90 Å². The van der Waals surface area contributed by atoms with Crippen LogP contribution in [-0.2, 0) is 6.54 Å². The van der Waals surface area contributed by atoms with E-state index in [1.807, 2.05) is 0 Å². The number of aliphatic imine (C=N–C) groups is 1. The third-order valence-corrected chi connectivity index (χ3v) is 5.97. The molecular formula is C26H36N4O2. The molecular weight excluding hydrogens is 400 g/mol. The van der Waals surface area contributed by atoms with Gasteiger partial charge in [-0.05, 0) is 56.0 Å². The molecule has 0 aromatic heterocycles. The van der Waals surface area contributed by atoms with E-state index in [0.29, 0.717) is 18.5 Å². The molecule has 6 nitrogen and oxygen atoms in total. The van der Waals surface area contributed by atoms with Crippen LogP contribution in [0.4, 0.5) is 5.69 Å². The van der Waals surface area contributed by atoms with E-state index in [2.05, 4.69) is 67.1 Å². The molecule has 2 aromatic rings. The van der Waals surface area contributed by atoms with Gasteiger partial charge in [-0.15, -0.1) is 0 Å². The van der Waals surface area contributed by atoms with E-state index in [1.54, 1.807) is 24.3 Å². The molecule has 2 N–H and O–H groups in total. The second-order valence-corrected chi connectivity index (χ2v) is 9.13. The number of aryl methyl sites for hydroxylation is 1. The molecule has 1 aliphatic rings. The van der Waals surface area contributed by atoms with Gasteiger partial charge >= 0.3 is 5.97 Å². The lowest BCUT2D eigenvalue weighted by molar-refractivity contribution is 0.0697. The second kappa shape index (κ2) is 11.1. The summed E-state index contributed by atoms with van der Waals surface area (Å²) in [4.78, 5) is 20.9. The van der Waals surface area contributed by atoms with E-state index in [9.17, 15) is 4.79 Å². The summed E-state index contributed by atoms with van der Waals surface area (Å²) in [7, 11) is 0. The van der Waals surface area contributed by atoms with Gasteiger partial charge in [0.15, 0.2) is 5.96 Å². The first-order valence-corrected chi connectivity index (χ1v) is 11.5. The van der Waals surface area contributed by atoms with Gasteiger partial charge in [-0.2, -0.15) is 0 Å². The van der Waals surface area contributed by atoms with E-state index >= 15 is 0 Å². The zero-order valence-electron chi connectivity index (χ0n) is 19.7. The number of carboxylic acids is 1. The summed E-state index contributed by atoms with van der Waals surface area (Å²) in [6.45, 7) is 13.4. The van der Waals surface area contributed by atoms with Gasteiger partial charge < -0.3 is 15.3 Å². The van der Waals surface area contributed by atoms with Gasteiger partial charge in [0.2, 0.25) is 0 Å². The van der Waals surface area contributed by atoms with Crippen molar-refractivity contribution in [2.24, 2.45) is 10.9 Å². The molecule has 1 fully saturated rings. The Balaban J connectivity index is 1.72. The zero-order chi connectivity index (χ0) is 23.1. The lowest BCUT2D eigenvalue weighted by atomic mass is 10.0. The quantitative estimate of drug-likeness (QED) is 0.486. The van der Waals surface area contributed by atoms with Crippen LogP contribution >= 0.6 is 0 Å². The molecule has 1 unspecified atom stereocenters. The highest BCUT2D eigenvalue weighted by molar-refractivity contribution is 5.94. The highest BCUT2D eigenvalue weighted by Gasteiger charge is 2.23. The highest BCUT2D eigenvalue weighted by atomic mass is 16.4. The summed E-state index contributed by atoms with van der Waals surface area (Å²) in [6, 6.07) is 15.9. The molecule has 32 heavy (non-hydrogen) atoms. The third kappa shape index (κ3) is 6.82. The highest BCUT2D eigenvalue weighted by Crippen LogP contribution is 2.16. The van der Waals surface area contributed by atoms with Gasteiger partial charge in [0.25, 0.3) is 0 Å². The molecule has 1 heterocycles. The van der Waals surface area contributed by atoms with Crippen LogP contribution in [0.15, 0.2) is 53.5 Å². The number of carboxylic acid groups (broad SMARTS) is 1. The minimum Gasteiger partial charge on any atom is -0.478 e. The average molecular weight is 437 g/mol. The number of piperazine rings is 1. The van der Waals surface area contributed by atoms with Crippen LogP contribution in [0.1, 0.15) is 48.7 Å². The fourth-order valence-corrected chi connectivity index (χ4v) is 4.11. The van der Waals surface area contributed by atoms with Crippen molar-refractivity contribution < 1.29 is 9.90 Å².